The maximum absolute atomic E-state index is 14.2. The van der Waals surface area contributed by atoms with Crippen LogP contribution in [0.3, 0.4) is 0 Å². The number of hydrogen-bond acceptors (Lipinski definition) is 5. The Labute approximate surface area is 173 Å². The quantitative estimate of drug-likeness (QED) is 0.748. The van der Waals surface area contributed by atoms with Crippen LogP contribution in [-0.4, -0.2) is 55.4 Å². The van der Waals surface area contributed by atoms with E-state index < -0.39 is 5.60 Å². The van der Waals surface area contributed by atoms with Gasteiger partial charge in [0.25, 0.3) is 0 Å². The molecule has 1 aromatic rings. The lowest BCUT2D eigenvalue weighted by Crippen LogP contribution is -2.47. The number of alkyl carbamates (subject to hydrolysis) is 1. The predicted octanol–water partition coefficient (Wildman–Crippen LogP) is 3.61. The molecule has 0 atom stereocenters. The van der Waals surface area contributed by atoms with Crippen molar-refractivity contribution in [1.82, 2.24) is 10.2 Å². The van der Waals surface area contributed by atoms with Crippen LogP contribution in [0.2, 0.25) is 0 Å². The van der Waals surface area contributed by atoms with E-state index in [1.165, 1.54) is 6.07 Å². The molecule has 2 heterocycles. The molecule has 0 aliphatic carbocycles. The molecule has 0 unspecified atom stereocenters. The summed E-state index contributed by atoms with van der Waals surface area (Å²) in [6, 6.07) is 5.14. The van der Waals surface area contributed by atoms with Crippen LogP contribution in [0.15, 0.2) is 18.2 Å². The van der Waals surface area contributed by atoms with Crippen LogP contribution >= 0.6 is 0 Å². The number of ether oxygens (including phenoxy) is 1. The molecular formula is C22H35FN4O2. The number of benzene rings is 1. The van der Waals surface area contributed by atoms with Crippen LogP contribution in [0.4, 0.5) is 20.6 Å². The van der Waals surface area contributed by atoms with Gasteiger partial charge in [-0.3, -0.25) is 0 Å². The van der Waals surface area contributed by atoms with Gasteiger partial charge in [0.15, 0.2) is 0 Å². The summed E-state index contributed by atoms with van der Waals surface area (Å²) in [5, 5.41) is 2.99. The minimum absolute atomic E-state index is 0.191. The number of piperidine rings is 2. The summed E-state index contributed by atoms with van der Waals surface area (Å²) in [4.78, 5) is 16.6. The Hall–Kier alpha value is -2.02. The second kappa shape index (κ2) is 9.20. The van der Waals surface area contributed by atoms with Crippen LogP contribution in [-0.2, 0) is 4.74 Å². The molecule has 29 heavy (non-hydrogen) atoms. The lowest BCUT2D eigenvalue weighted by molar-refractivity contribution is 0.0474. The second-order valence-electron chi connectivity index (χ2n) is 9.36. The maximum atomic E-state index is 14.2. The number of amides is 1. The molecule has 2 saturated heterocycles. The molecule has 0 bridgehead atoms. The predicted molar refractivity (Wildman–Crippen MR) is 115 cm³/mol. The number of carbonyl (C=O) groups excluding carboxylic acids is 1. The third-order valence-electron chi connectivity index (χ3n) is 5.75. The summed E-state index contributed by atoms with van der Waals surface area (Å²) >= 11 is 0. The third-order valence-corrected chi connectivity index (χ3v) is 5.75. The minimum Gasteiger partial charge on any atom is -0.444 e. The molecule has 2 aliphatic rings. The van der Waals surface area contributed by atoms with Gasteiger partial charge in [-0.05, 0) is 70.6 Å². The Morgan fingerprint density at radius 2 is 1.83 bits per heavy atom. The highest BCUT2D eigenvalue weighted by Crippen LogP contribution is 2.28. The van der Waals surface area contributed by atoms with Gasteiger partial charge < -0.3 is 25.6 Å². The summed E-state index contributed by atoms with van der Waals surface area (Å²) in [5.74, 6) is 0.404. The molecule has 1 aromatic carbocycles. The van der Waals surface area contributed by atoms with Gasteiger partial charge in [-0.2, -0.15) is 0 Å². The Kier molecular flexibility index (Phi) is 6.88. The average molecular weight is 407 g/mol. The Morgan fingerprint density at radius 1 is 1.17 bits per heavy atom. The molecule has 162 valence electrons. The van der Waals surface area contributed by atoms with E-state index >= 15 is 0 Å². The highest BCUT2D eigenvalue weighted by Gasteiger charge is 2.27. The Balaban J connectivity index is 1.38. The van der Waals surface area contributed by atoms with Crippen molar-refractivity contribution in [2.45, 2.75) is 58.1 Å². The number of nitrogens with one attached hydrogen (secondary N) is 1. The molecule has 0 saturated carbocycles. The SMILES string of the molecule is CC(C)(C)OC(=O)NC1CCN(CC2CCN(c3ccc(N)cc3F)CC2)CC1. The lowest BCUT2D eigenvalue weighted by atomic mass is 9.94. The maximum Gasteiger partial charge on any atom is 0.407 e. The molecule has 0 radical (unpaired) electrons. The first-order chi connectivity index (χ1) is 13.7. The number of likely N-dealkylation sites (tertiary alicyclic amines) is 1. The van der Waals surface area contributed by atoms with Gasteiger partial charge in [0.05, 0.1) is 5.69 Å². The topological polar surface area (TPSA) is 70.8 Å². The molecule has 7 heteroatoms. The van der Waals surface area contributed by atoms with Crippen molar-refractivity contribution in [2.24, 2.45) is 5.92 Å². The molecular weight excluding hydrogens is 371 g/mol. The van der Waals surface area contributed by atoms with Crippen LogP contribution in [0.5, 0.6) is 0 Å². The van der Waals surface area contributed by atoms with Crippen molar-refractivity contribution in [3.8, 4) is 0 Å². The van der Waals surface area contributed by atoms with Crippen LogP contribution in [0.25, 0.3) is 0 Å². The zero-order valence-electron chi connectivity index (χ0n) is 17.9. The van der Waals surface area contributed by atoms with E-state index in [-0.39, 0.29) is 18.0 Å². The third kappa shape index (κ3) is 6.49. The molecule has 3 N–H and O–H groups in total. The first-order valence-electron chi connectivity index (χ1n) is 10.7. The van der Waals surface area contributed by atoms with E-state index in [1.807, 2.05) is 20.8 Å². The number of carbonyl (C=O) groups is 1. The van der Waals surface area contributed by atoms with Crippen molar-refractivity contribution in [3.63, 3.8) is 0 Å². The summed E-state index contributed by atoms with van der Waals surface area (Å²) in [5.41, 5.74) is 6.31. The molecule has 0 aromatic heterocycles. The van der Waals surface area contributed by atoms with E-state index in [4.69, 9.17) is 10.5 Å². The Morgan fingerprint density at radius 3 is 2.41 bits per heavy atom. The Bertz CT molecular complexity index is 691. The first-order valence-corrected chi connectivity index (χ1v) is 10.7. The van der Waals surface area contributed by atoms with E-state index in [9.17, 15) is 9.18 Å². The number of anilines is 2. The second-order valence-corrected chi connectivity index (χ2v) is 9.36. The highest BCUT2D eigenvalue weighted by molar-refractivity contribution is 5.68. The van der Waals surface area contributed by atoms with Crippen LogP contribution < -0.4 is 16.0 Å². The zero-order chi connectivity index (χ0) is 21.0. The van der Waals surface area contributed by atoms with Gasteiger partial charge in [-0.1, -0.05) is 0 Å². The fraction of sp³-hybridized carbons (Fsp3) is 0.682. The van der Waals surface area contributed by atoms with Gasteiger partial charge in [0.2, 0.25) is 0 Å². The summed E-state index contributed by atoms with van der Waals surface area (Å²) in [7, 11) is 0. The fourth-order valence-corrected chi connectivity index (χ4v) is 4.24. The van der Waals surface area contributed by atoms with E-state index in [1.54, 1.807) is 12.1 Å². The van der Waals surface area contributed by atoms with Gasteiger partial charge >= 0.3 is 6.09 Å². The normalized spacial score (nSPS) is 19.9. The monoisotopic (exact) mass is 406 g/mol. The lowest BCUT2D eigenvalue weighted by Gasteiger charge is -2.38. The number of nitrogens with two attached hydrogens (primary N) is 1. The largest absolute Gasteiger partial charge is 0.444 e. The van der Waals surface area contributed by atoms with Crippen molar-refractivity contribution in [2.75, 3.05) is 43.4 Å². The number of nitrogen functional groups attached to an aromatic ring is 1. The van der Waals surface area contributed by atoms with Gasteiger partial charge in [-0.25, -0.2) is 9.18 Å². The summed E-state index contributed by atoms with van der Waals surface area (Å²) in [6.45, 7) is 10.5. The fourth-order valence-electron chi connectivity index (χ4n) is 4.24. The van der Waals surface area contributed by atoms with Crippen molar-refractivity contribution >= 4 is 17.5 Å². The first kappa shape index (κ1) is 21.7. The molecule has 3 rings (SSSR count). The van der Waals surface area contributed by atoms with Gasteiger partial charge in [0, 0.05) is 44.5 Å². The highest BCUT2D eigenvalue weighted by atomic mass is 19.1. The molecule has 6 nitrogen and oxygen atoms in total. The zero-order valence-corrected chi connectivity index (χ0v) is 17.9. The van der Waals surface area contributed by atoms with Gasteiger partial charge in [-0.15, -0.1) is 0 Å². The molecule has 0 spiro atoms. The molecule has 2 aliphatic heterocycles. The average Bonchev–Trinajstić information content (AvgIpc) is 2.63. The molecule has 2 fully saturated rings. The minimum atomic E-state index is -0.463. The number of rotatable bonds is 4. The standard InChI is InChI=1S/C22H35FN4O2/c1-22(2,3)29-21(28)25-18-8-10-26(11-9-18)15-16-6-12-27(13-7-16)20-5-4-17(24)14-19(20)23/h4-5,14,16,18H,6-13,15,24H2,1-3H3,(H,25,28). The van der Waals surface area contributed by atoms with Gasteiger partial charge in [0.1, 0.15) is 11.4 Å². The number of nitrogens with zero attached hydrogens (tertiary/aromatic N) is 2. The summed E-state index contributed by atoms with van der Waals surface area (Å²) < 4.78 is 19.5. The van der Waals surface area contributed by atoms with E-state index in [0.29, 0.717) is 17.3 Å². The smallest absolute Gasteiger partial charge is 0.407 e. The molecule has 1 amide bonds. The van der Waals surface area contributed by atoms with Crippen molar-refractivity contribution in [1.29, 1.82) is 0 Å². The number of halogens is 1. The number of hydrogen-bond donors (Lipinski definition) is 2. The van der Waals surface area contributed by atoms with Crippen molar-refractivity contribution < 1.29 is 13.9 Å². The van der Waals surface area contributed by atoms with E-state index in [2.05, 4.69) is 15.1 Å². The van der Waals surface area contributed by atoms with Crippen LogP contribution in [0, 0.1) is 11.7 Å². The summed E-state index contributed by atoms with van der Waals surface area (Å²) in [6.07, 6.45) is 3.72. The van der Waals surface area contributed by atoms with Crippen LogP contribution in [0.1, 0.15) is 46.5 Å². The van der Waals surface area contributed by atoms with Crippen molar-refractivity contribution in [3.05, 3.63) is 24.0 Å². The van der Waals surface area contributed by atoms with E-state index in [0.717, 1.165) is 58.4 Å².